The fourth-order valence-corrected chi connectivity index (χ4v) is 3.97. The van der Waals surface area contributed by atoms with Crippen LogP contribution in [0.5, 0.6) is 0 Å². The SMILES string of the molecule is O=C1c2ccccc2SC1C(NCCO)c1ccccc1. The third kappa shape index (κ3) is 2.88. The van der Waals surface area contributed by atoms with Crippen molar-refractivity contribution in [1.29, 1.82) is 0 Å². The smallest absolute Gasteiger partial charge is 0.179 e. The van der Waals surface area contributed by atoms with Crippen LogP contribution in [0, 0.1) is 0 Å². The molecule has 21 heavy (non-hydrogen) atoms. The molecule has 0 saturated carbocycles. The number of aliphatic hydroxyl groups is 1. The number of thioether (sulfide) groups is 1. The number of Topliss-reactive ketones (excluding diaryl/α,β-unsaturated/α-hetero) is 1. The summed E-state index contributed by atoms with van der Waals surface area (Å²) in [5, 5.41) is 12.2. The highest BCUT2D eigenvalue weighted by Gasteiger charge is 2.37. The molecule has 0 bridgehead atoms. The van der Waals surface area contributed by atoms with E-state index in [-0.39, 0.29) is 23.7 Å². The van der Waals surface area contributed by atoms with Crippen LogP contribution in [-0.2, 0) is 0 Å². The Labute approximate surface area is 128 Å². The van der Waals surface area contributed by atoms with Crippen LogP contribution in [0.25, 0.3) is 0 Å². The van der Waals surface area contributed by atoms with Crippen molar-refractivity contribution in [3.05, 3.63) is 65.7 Å². The van der Waals surface area contributed by atoms with Gasteiger partial charge in [-0.1, -0.05) is 48.5 Å². The van der Waals surface area contributed by atoms with Crippen molar-refractivity contribution < 1.29 is 9.90 Å². The number of carbonyl (C=O) groups excluding carboxylic acids is 1. The molecule has 1 aliphatic heterocycles. The minimum absolute atomic E-state index is 0.0574. The lowest BCUT2D eigenvalue weighted by atomic mass is 9.97. The number of ketones is 1. The summed E-state index contributed by atoms with van der Waals surface area (Å²) in [7, 11) is 0. The average molecular weight is 299 g/mol. The molecule has 0 spiro atoms. The van der Waals surface area contributed by atoms with E-state index in [1.807, 2.05) is 54.6 Å². The lowest BCUT2D eigenvalue weighted by molar-refractivity contribution is 0.0977. The van der Waals surface area contributed by atoms with Gasteiger partial charge < -0.3 is 10.4 Å². The number of aliphatic hydroxyl groups excluding tert-OH is 1. The highest BCUT2D eigenvalue weighted by atomic mass is 32.2. The largest absolute Gasteiger partial charge is 0.395 e. The molecule has 2 atom stereocenters. The van der Waals surface area contributed by atoms with Crippen molar-refractivity contribution in [1.82, 2.24) is 5.32 Å². The Balaban J connectivity index is 1.90. The van der Waals surface area contributed by atoms with Crippen LogP contribution < -0.4 is 5.32 Å². The molecule has 3 nitrogen and oxygen atoms in total. The Morgan fingerprint density at radius 1 is 1.10 bits per heavy atom. The number of carbonyl (C=O) groups is 1. The molecule has 1 heterocycles. The number of hydrogen-bond donors (Lipinski definition) is 2. The molecule has 0 saturated heterocycles. The summed E-state index contributed by atoms with van der Waals surface area (Å²) in [6.07, 6.45) is 0. The van der Waals surface area contributed by atoms with Crippen LogP contribution in [0.15, 0.2) is 59.5 Å². The lowest BCUT2D eigenvalue weighted by Crippen LogP contribution is -2.34. The number of benzene rings is 2. The first-order chi connectivity index (χ1) is 10.3. The van der Waals surface area contributed by atoms with Gasteiger partial charge in [0, 0.05) is 17.0 Å². The lowest BCUT2D eigenvalue weighted by Gasteiger charge is -2.23. The van der Waals surface area contributed by atoms with Gasteiger partial charge in [0.25, 0.3) is 0 Å². The normalized spacial score (nSPS) is 18.5. The topological polar surface area (TPSA) is 49.3 Å². The van der Waals surface area contributed by atoms with Gasteiger partial charge >= 0.3 is 0 Å². The molecule has 0 amide bonds. The molecule has 3 rings (SSSR count). The molecule has 0 radical (unpaired) electrons. The van der Waals surface area contributed by atoms with Gasteiger partial charge in [0.2, 0.25) is 0 Å². The van der Waals surface area contributed by atoms with Gasteiger partial charge in [0.1, 0.15) is 0 Å². The molecule has 2 N–H and O–H groups in total. The zero-order valence-corrected chi connectivity index (χ0v) is 12.3. The van der Waals surface area contributed by atoms with Crippen molar-refractivity contribution in [2.45, 2.75) is 16.2 Å². The second-order valence-electron chi connectivity index (χ2n) is 4.96. The summed E-state index contributed by atoms with van der Waals surface area (Å²) < 4.78 is 0. The highest BCUT2D eigenvalue weighted by molar-refractivity contribution is 8.01. The minimum Gasteiger partial charge on any atom is -0.395 e. The molecule has 108 valence electrons. The summed E-state index contributed by atoms with van der Waals surface area (Å²) in [4.78, 5) is 13.7. The fourth-order valence-electron chi connectivity index (χ4n) is 2.62. The maximum Gasteiger partial charge on any atom is 0.179 e. The molecule has 0 aromatic heterocycles. The molecule has 2 aromatic rings. The Kier molecular flexibility index (Phi) is 4.39. The van der Waals surface area contributed by atoms with E-state index in [0.717, 1.165) is 16.0 Å². The Bertz CT molecular complexity index is 630. The van der Waals surface area contributed by atoms with E-state index in [1.165, 1.54) is 0 Å². The Hall–Kier alpha value is -1.62. The number of hydrogen-bond acceptors (Lipinski definition) is 4. The first-order valence-corrected chi connectivity index (χ1v) is 7.88. The summed E-state index contributed by atoms with van der Waals surface area (Å²) in [5.41, 5.74) is 1.88. The highest BCUT2D eigenvalue weighted by Crippen LogP contribution is 2.42. The van der Waals surface area contributed by atoms with Crippen LogP contribution in [-0.4, -0.2) is 29.3 Å². The van der Waals surface area contributed by atoms with Gasteiger partial charge in [-0.05, 0) is 11.6 Å². The van der Waals surface area contributed by atoms with E-state index in [1.54, 1.807) is 11.8 Å². The quantitative estimate of drug-likeness (QED) is 0.891. The summed E-state index contributed by atoms with van der Waals surface area (Å²) >= 11 is 1.60. The van der Waals surface area contributed by atoms with E-state index in [4.69, 9.17) is 5.11 Å². The summed E-state index contributed by atoms with van der Waals surface area (Å²) in [5.74, 6) is 0.162. The number of nitrogens with one attached hydrogen (secondary N) is 1. The molecular formula is C17H17NO2S. The zero-order valence-electron chi connectivity index (χ0n) is 11.5. The van der Waals surface area contributed by atoms with E-state index in [0.29, 0.717) is 6.54 Å². The van der Waals surface area contributed by atoms with Crippen molar-refractivity contribution >= 4 is 17.5 Å². The second-order valence-corrected chi connectivity index (χ2v) is 6.15. The molecule has 0 aliphatic carbocycles. The predicted octanol–water partition coefficient (Wildman–Crippen LogP) is 2.67. The van der Waals surface area contributed by atoms with Crippen LogP contribution in [0.1, 0.15) is 22.0 Å². The van der Waals surface area contributed by atoms with Crippen molar-refractivity contribution in [3.8, 4) is 0 Å². The van der Waals surface area contributed by atoms with Gasteiger partial charge in [0.05, 0.1) is 17.9 Å². The predicted molar refractivity (Wildman–Crippen MR) is 84.7 cm³/mol. The van der Waals surface area contributed by atoms with E-state index in [9.17, 15) is 4.79 Å². The molecule has 1 aliphatic rings. The first kappa shape index (κ1) is 14.3. The minimum atomic E-state index is -0.184. The van der Waals surface area contributed by atoms with Crippen LogP contribution in [0.2, 0.25) is 0 Å². The standard InChI is InChI=1S/C17H17NO2S/c19-11-10-18-15(12-6-2-1-3-7-12)17-16(20)13-8-4-5-9-14(13)21-17/h1-9,15,17-19H,10-11H2. The average Bonchev–Trinajstić information content (AvgIpc) is 2.86. The van der Waals surface area contributed by atoms with Crippen molar-refractivity contribution in [2.24, 2.45) is 0 Å². The van der Waals surface area contributed by atoms with E-state index in [2.05, 4.69) is 5.32 Å². The van der Waals surface area contributed by atoms with Gasteiger partial charge in [-0.15, -0.1) is 11.8 Å². The molecule has 2 aromatic carbocycles. The monoisotopic (exact) mass is 299 g/mol. The molecule has 2 unspecified atom stereocenters. The van der Waals surface area contributed by atoms with Crippen molar-refractivity contribution in [2.75, 3.05) is 13.2 Å². The molecule has 0 fully saturated rings. The van der Waals surface area contributed by atoms with Crippen molar-refractivity contribution in [3.63, 3.8) is 0 Å². The maximum atomic E-state index is 12.7. The first-order valence-electron chi connectivity index (χ1n) is 7.00. The fraction of sp³-hybridized carbons (Fsp3) is 0.235. The second kappa shape index (κ2) is 6.43. The van der Waals surface area contributed by atoms with Crippen LogP contribution in [0.4, 0.5) is 0 Å². The summed E-state index contributed by atoms with van der Waals surface area (Å²) in [6.45, 7) is 0.530. The Morgan fingerprint density at radius 2 is 1.81 bits per heavy atom. The molecule has 4 heteroatoms. The van der Waals surface area contributed by atoms with Crippen LogP contribution >= 0.6 is 11.8 Å². The zero-order chi connectivity index (χ0) is 14.7. The number of fused-ring (bicyclic) bond motifs is 1. The van der Waals surface area contributed by atoms with E-state index >= 15 is 0 Å². The third-order valence-electron chi connectivity index (χ3n) is 3.60. The van der Waals surface area contributed by atoms with Gasteiger partial charge in [0.15, 0.2) is 5.78 Å². The summed E-state index contributed by atoms with van der Waals surface area (Å²) in [6, 6.07) is 17.6. The maximum absolute atomic E-state index is 12.7. The van der Waals surface area contributed by atoms with E-state index < -0.39 is 0 Å². The van der Waals surface area contributed by atoms with Gasteiger partial charge in [-0.25, -0.2) is 0 Å². The third-order valence-corrected chi connectivity index (χ3v) is 4.95. The van der Waals surface area contributed by atoms with Gasteiger partial charge in [-0.2, -0.15) is 0 Å². The molecular weight excluding hydrogens is 282 g/mol. The Morgan fingerprint density at radius 3 is 2.52 bits per heavy atom. The van der Waals surface area contributed by atoms with Gasteiger partial charge in [-0.3, -0.25) is 4.79 Å². The number of rotatable bonds is 5. The van der Waals surface area contributed by atoms with Crippen LogP contribution in [0.3, 0.4) is 0 Å².